The molecule has 0 heterocycles. The highest BCUT2D eigenvalue weighted by Gasteiger charge is 1.58. The van der Waals surface area contributed by atoms with Crippen molar-refractivity contribution >= 4 is 0 Å². The molecule has 6 heavy (non-hydrogen) atoms. The molecule has 0 aromatic carbocycles. The minimum absolute atomic E-state index is 0.125. The van der Waals surface area contributed by atoms with Gasteiger partial charge in [0.1, 0.15) is 0 Å². The van der Waals surface area contributed by atoms with Crippen LogP contribution in [-0.2, 0) is 0 Å². The Morgan fingerprint density at radius 1 is 1.00 bits per heavy atom. The fourth-order valence-electron chi connectivity index (χ4n) is 0. The van der Waals surface area contributed by atoms with Crippen LogP contribution in [0.25, 0.3) is 0 Å². The van der Waals surface area contributed by atoms with E-state index >= 15 is 0 Å². The van der Waals surface area contributed by atoms with Gasteiger partial charge in [0.2, 0.25) is 0 Å². The van der Waals surface area contributed by atoms with Crippen LogP contribution in [0.15, 0.2) is 0 Å². The van der Waals surface area contributed by atoms with Gasteiger partial charge in [-0.25, -0.2) is 0 Å². The van der Waals surface area contributed by atoms with Gasteiger partial charge in [0.25, 0.3) is 0 Å². The quantitative estimate of drug-likeness (QED) is 0.373. The first kappa shape index (κ1) is 9.30. The predicted molar refractivity (Wildman–Crippen MR) is 22.3 cm³/mol. The average molecular weight is 94.1 g/mol. The lowest BCUT2D eigenvalue weighted by molar-refractivity contribution is 0.186. The third-order valence-corrected chi connectivity index (χ3v) is 0.1000. The number of rotatable bonds is 1. The Balaban J connectivity index is 0. The smallest absolute Gasteiger partial charge is 0.0662 e. The lowest BCUT2D eigenvalue weighted by Gasteiger charge is -1.70. The van der Waals surface area contributed by atoms with Gasteiger partial charge in [-0.2, -0.15) is 0 Å². The Morgan fingerprint density at radius 2 is 1.17 bits per heavy atom. The number of hydrogen-bond acceptors (Lipinski definition) is 3. The molecule has 0 radical (unpaired) electrons. The largest absolute Gasteiger partial charge is 0.400 e. The van der Waals surface area contributed by atoms with Crippen molar-refractivity contribution < 1.29 is 15.3 Å². The van der Waals surface area contributed by atoms with Crippen molar-refractivity contribution in [3.8, 4) is 0 Å². The number of hydrogen-bond donors (Lipinski definition) is 3. The lowest BCUT2D eigenvalue weighted by atomic mass is 10.8. The molecule has 3 nitrogen and oxygen atoms in total. The van der Waals surface area contributed by atoms with Gasteiger partial charge in [-0.3, -0.25) is 0 Å². The van der Waals surface area contributed by atoms with Gasteiger partial charge in [-0.05, 0) is 0 Å². The van der Waals surface area contributed by atoms with Crippen LogP contribution in [0.3, 0.4) is 0 Å². The van der Waals surface area contributed by atoms with Crippen molar-refractivity contribution in [3.05, 3.63) is 0 Å². The summed E-state index contributed by atoms with van der Waals surface area (Å²) < 4.78 is 0. The fourth-order valence-corrected chi connectivity index (χ4v) is 0. The summed E-state index contributed by atoms with van der Waals surface area (Å²) in [4.78, 5) is 0. The number of aliphatic hydroxyl groups excluding tert-OH is 3. The first-order chi connectivity index (χ1) is 2.91. The SMILES string of the molecule is CO.OCCO. The van der Waals surface area contributed by atoms with E-state index in [1.54, 1.807) is 0 Å². The van der Waals surface area contributed by atoms with Crippen molar-refractivity contribution in [2.24, 2.45) is 0 Å². The van der Waals surface area contributed by atoms with Gasteiger partial charge in [0.05, 0.1) is 13.2 Å². The topological polar surface area (TPSA) is 60.7 Å². The Bertz CT molecular complexity index is 8.00. The molecule has 0 rings (SSSR count). The second-order valence-corrected chi connectivity index (χ2v) is 0.447. The summed E-state index contributed by atoms with van der Waals surface area (Å²) in [7, 11) is 1.00. The molecule has 0 aliphatic rings. The highest BCUT2D eigenvalue weighted by molar-refractivity contribution is 4.06. The van der Waals surface area contributed by atoms with Crippen LogP contribution < -0.4 is 0 Å². The molecule has 0 aromatic rings. The Hall–Kier alpha value is -0.120. The van der Waals surface area contributed by atoms with E-state index in [4.69, 9.17) is 15.3 Å². The van der Waals surface area contributed by atoms with Crippen LogP contribution in [-0.4, -0.2) is 35.6 Å². The molecule has 0 bridgehead atoms. The summed E-state index contributed by atoms with van der Waals surface area (Å²) in [5.74, 6) is 0. The zero-order valence-corrected chi connectivity index (χ0v) is 3.76. The minimum Gasteiger partial charge on any atom is -0.400 e. The molecule has 0 saturated carbocycles. The van der Waals surface area contributed by atoms with E-state index in [1.807, 2.05) is 0 Å². The first-order valence-corrected chi connectivity index (χ1v) is 1.58. The normalized spacial score (nSPS) is 6.00. The van der Waals surface area contributed by atoms with E-state index in [1.165, 1.54) is 0 Å². The summed E-state index contributed by atoms with van der Waals surface area (Å²) in [5.41, 5.74) is 0. The second kappa shape index (κ2) is 20.8. The Morgan fingerprint density at radius 3 is 1.17 bits per heavy atom. The van der Waals surface area contributed by atoms with Crippen molar-refractivity contribution in [3.63, 3.8) is 0 Å². The maximum atomic E-state index is 7.62. The summed E-state index contributed by atoms with van der Waals surface area (Å²) in [6, 6.07) is 0. The zero-order chi connectivity index (χ0) is 5.41. The molecule has 40 valence electrons. The molecule has 3 heteroatoms. The van der Waals surface area contributed by atoms with Crippen molar-refractivity contribution in [2.45, 2.75) is 0 Å². The third-order valence-electron chi connectivity index (χ3n) is 0.1000. The molecule has 0 unspecified atom stereocenters. The molecule has 0 atom stereocenters. The molecule has 0 aliphatic carbocycles. The molecule has 0 aliphatic heterocycles. The first-order valence-electron chi connectivity index (χ1n) is 1.58. The average Bonchev–Trinajstić information content (AvgIpc) is 1.72. The van der Waals surface area contributed by atoms with Gasteiger partial charge in [0.15, 0.2) is 0 Å². The standard InChI is InChI=1S/C2H6O2.CH4O/c3-1-2-4;1-2/h3-4H,1-2H2;2H,1H3. The Labute approximate surface area is 36.9 Å². The van der Waals surface area contributed by atoms with Gasteiger partial charge in [-0.15, -0.1) is 0 Å². The highest BCUT2D eigenvalue weighted by atomic mass is 16.3. The molecule has 0 saturated heterocycles. The molecule has 0 amide bonds. The predicted octanol–water partition coefficient (Wildman–Crippen LogP) is -1.42. The molecular weight excluding hydrogens is 84.0 g/mol. The van der Waals surface area contributed by atoms with E-state index < -0.39 is 0 Å². The maximum absolute atomic E-state index is 7.62. The lowest BCUT2D eigenvalue weighted by Crippen LogP contribution is -1.85. The zero-order valence-electron chi connectivity index (χ0n) is 3.76. The third kappa shape index (κ3) is 41.6. The van der Waals surface area contributed by atoms with Gasteiger partial charge in [0, 0.05) is 7.11 Å². The van der Waals surface area contributed by atoms with E-state index in [2.05, 4.69) is 0 Å². The van der Waals surface area contributed by atoms with Crippen molar-refractivity contribution in [2.75, 3.05) is 20.3 Å². The van der Waals surface area contributed by atoms with Crippen molar-refractivity contribution in [1.82, 2.24) is 0 Å². The molecular formula is C3H10O3. The monoisotopic (exact) mass is 94.1 g/mol. The second-order valence-electron chi connectivity index (χ2n) is 0.447. The van der Waals surface area contributed by atoms with Crippen LogP contribution in [0.2, 0.25) is 0 Å². The number of aliphatic hydroxyl groups is 3. The molecule has 0 aromatic heterocycles. The minimum atomic E-state index is -0.125. The van der Waals surface area contributed by atoms with Gasteiger partial charge < -0.3 is 15.3 Å². The molecule has 0 spiro atoms. The van der Waals surface area contributed by atoms with Crippen LogP contribution in [0.5, 0.6) is 0 Å². The van der Waals surface area contributed by atoms with E-state index in [-0.39, 0.29) is 13.2 Å². The van der Waals surface area contributed by atoms with Crippen LogP contribution in [0.4, 0.5) is 0 Å². The summed E-state index contributed by atoms with van der Waals surface area (Å²) >= 11 is 0. The van der Waals surface area contributed by atoms with Crippen LogP contribution >= 0.6 is 0 Å². The van der Waals surface area contributed by atoms with E-state index in [9.17, 15) is 0 Å². The van der Waals surface area contributed by atoms with Crippen LogP contribution in [0, 0.1) is 0 Å². The van der Waals surface area contributed by atoms with Gasteiger partial charge in [-0.1, -0.05) is 0 Å². The maximum Gasteiger partial charge on any atom is 0.0662 e. The van der Waals surface area contributed by atoms with E-state index in [0.717, 1.165) is 7.11 Å². The summed E-state index contributed by atoms with van der Waals surface area (Å²) in [6.07, 6.45) is 0. The van der Waals surface area contributed by atoms with Crippen LogP contribution in [0.1, 0.15) is 0 Å². The van der Waals surface area contributed by atoms with Gasteiger partial charge >= 0.3 is 0 Å². The summed E-state index contributed by atoms with van der Waals surface area (Å²) in [6.45, 7) is -0.250. The van der Waals surface area contributed by atoms with Crippen molar-refractivity contribution in [1.29, 1.82) is 0 Å². The fraction of sp³-hybridized carbons (Fsp3) is 1.00. The highest BCUT2D eigenvalue weighted by Crippen LogP contribution is 1.39. The summed E-state index contributed by atoms with van der Waals surface area (Å²) in [5, 5.41) is 22.2. The molecule has 3 N–H and O–H groups in total. The van der Waals surface area contributed by atoms with E-state index in [0.29, 0.717) is 0 Å². The molecule has 0 fully saturated rings. The Kier molecular flexibility index (Phi) is 32.2.